The van der Waals surface area contributed by atoms with Crippen molar-refractivity contribution < 1.29 is 24.8 Å². The zero-order chi connectivity index (χ0) is 18.3. The zero-order valence-electron chi connectivity index (χ0n) is 15.7. The normalized spacial score (nSPS) is 24.5. The van der Waals surface area contributed by atoms with E-state index in [0.29, 0.717) is 6.61 Å². The lowest BCUT2D eigenvalue weighted by atomic mass is 10.1. The van der Waals surface area contributed by atoms with Crippen LogP contribution in [0.5, 0.6) is 0 Å². The zero-order valence-corrected chi connectivity index (χ0v) is 15.7. The van der Waals surface area contributed by atoms with Crippen LogP contribution in [0.4, 0.5) is 0 Å². The second-order valence-electron chi connectivity index (χ2n) is 7.06. The predicted molar refractivity (Wildman–Crippen MR) is 99.6 cm³/mol. The van der Waals surface area contributed by atoms with Crippen LogP contribution < -0.4 is 0 Å². The molecule has 0 unspecified atom stereocenters. The summed E-state index contributed by atoms with van der Waals surface area (Å²) >= 11 is 0. The Bertz CT molecular complexity index is 323. The van der Waals surface area contributed by atoms with Gasteiger partial charge in [0.05, 0.1) is 13.2 Å². The number of allylic oxidation sites excluding steroid dienone is 1. The van der Waals surface area contributed by atoms with Crippen LogP contribution in [-0.2, 0) is 9.47 Å². The molecule has 0 saturated carbocycles. The average Bonchev–Trinajstić information content (AvgIpc) is 2.95. The van der Waals surface area contributed by atoms with E-state index in [9.17, 15) is 15.3 Å². The van der Waals surface area contributed by atoms with Gasteiger partial charge in [0.2, 0.25) is 0 Å². The largest absolute Gasteiger partial charge is 0.394 e. The van der Waals surface area contributed by atoms with E-state index in [0.717, 1.165) is 19.3 Å². The Morgan fingerprint density at radius 3 is 2.00 bits per heavy atom. The quantitative estimate of drug-likeness (QED) is 0.292. The van der Waals surface area contributed by atoms with Crippen molar-refractivity contribution in [2.24, 2.45) is 0 Å². The van der Waals surface area contributed by atoms with Gasteiger partial charge in [0.15, 0.2) is 0 Å². The van der Waals surface area contributed by atoms with Crippen molar-refractivity contribution in [2.75, 3.05) is 19.8 Å². The van der Waals surface area contributed by atoms with Crippen LogP contribution >= 0.6 is 0 Å². The van der Waals surface area contributed by atoms with Crippen molar-refractivity contribution in [3.05, 3.63) is 12.7 Å². The molecule has 148 valence electrons. The van der Waals surface area contributed by atoms with Gasteiger partial charge in [-0.25, -0.2) is 0 Å². The standard InChI is InChI=1S/C20H38O5/c1-2-3-4-5-6-7-8-9-10-11-12-13-14-24-18(15-21)20-19(23)17(22)16-25-20/h2,17-23H,1,3-16H2/t17-,18+,19+,20+/m1/s1. The molecular weight excluding hydrogens is 320 g/mol. The molecule has 1 rings (SSSR count). The van der Waals surface area contributed by atoms with Gasteiger partial charge < -0.3 is 24.8 Å². The van der Waals surface area contributed by atoms with E-state index in [2.05, 4.69) is 6.58 Å². The van der Waals surface area contributed by atoms with Gasteiger partial charge in [-0.1, -0.05) is 57.4 Å². The van der Waals surface area contributed by atoms with Gasteiger partial charge in [-0.2, -0.15) is 0 Å². The molecule has 1 aliphatic rings. The van der Waals surface area contributed by atoms with Crippen LogP contribution in [-0.4, -0.2) is 59.6 Å². The van der Waals surface area contributed by atoms with E-state index in [-0.39, 0.29) is 13.2 Å². The van der Waals surface area contributed by atoms with Crippen molar-refractivity contribution in [3.63, 3.8) is 0 Å². The Morgan fingerprint density at radius 1 is 0.960 bits per heavy atom. The molecule has 1 heterocycles. The molecule has 0 aliphatic carbocycles. The number of rotatable bonds is 16. The first-order chi connectivity index (χ1) is 12.2. The highest BCUT2D eigenvalue weighted by molar-refractivity contribution is 4.88. The summed E-state index contributed by atoms with van der Waals surface area (Å²) in [4.78, 5) is 0. The van der Waals surface area contributed by atoms with E-state index in [4.69, 9.17) is 9.47 Å². The van der Waals surface area contributed by atoms with Crippen LogP contribution in [0.25, 0.3) is 0 Å². The molecule has 0 spiro atoms. The number of aliphatic hydroxyl groups is 3. The molecule has 1 fully saturated rings. The molecule has 0 aromatic carbocycles. The van der Waals surface area contributed by atoms with Gasteiger partial charge in [-0.15, -0.1) is 6.58 Å². The van der Waals surface area contributed by atoms with Gasteiger partial charge >= 0.3 is 0 Å². The molecule has 1 aliphatic heterocycles. The molecule has 0 aromatic rings. The molecule has 5 heteroatoms. The minimum absolute atomic E-state index is 0.0972. The molecule has 0 amide bonds. The number of hydrogen-bond donors (Lipinski definition) is 3. The van der Waals surface area contributed by atoms with Crippen LogP contribution in [0, 0.1) is 0 Å². The lowest BCUT2D eigenvalue weighted by molar-refractivity contribution is -0.101. The SMILES string of the molecule is C=CCCCCCCCCCCCCO[C@@H](CO)[C@@H]1OC[C@@H](O)[C@@H]1O. The maximum atomic E-state index is 9.79. The topological polar surface area (TPSA) is 79.2 Å². The van der Waals surface area contributed by atoms with E-state index < -0.39 is 24.4 Å². The minimum atomic E-state index is -0.978. The van der Waals surface area contributed by atoms with Crippen molar-refractivity contribution in [1.82, 2.24) is 0 Å². The number of aliphatic hydroxyl groups excluding tert-OH is 3. The second kappa shape index (κ2) is 14.7. The fraction of sp³-hybridized carbons (Fsp3) is 0.900. The molecule has 3 N–H and O–H groups in total. The monoisotopic (exact) mass is 358 g/mol. The Labute approximate surface area is 153 Å². The lowest BCUT2D eigenvalue weighted by Crippen LogP contribution is -2.42. The maximum absolute atomic E-state index is 9.79. The van der Waals surface area contributed by atoms with E-state index in [1.54, 1.807) is 0 Å². The van der Waals surface area contributed by atoms with Crippen molar-refractivity contribution in [3.8, 4) is 0 Å². The van der Waals surface area contributed by atoms with Crippen molar-refractivity contribution in [1.29, 1.82) is 0 Å². The summed E-state index contributed by atoms with van der Waals surface area (Å²) in [6, 6.07) is 0. The summed E-state index contributed by atoms with van der Waals surface area (Å²) in [5.41, 5.74) is 0. The van der Waals surface area contributed by atoms with Crippen LogP contribution in [0.1, 0.15) is 70.6 Å². The molecule has 0 radical (unpaired) electrons. The Balaban J connectivity index is 1.90. The van der Waals surface area contributed by atoms with Crippen molar-refractivity contribution >= 4 is 0 Å². The first-order valence-electron chi connectivity index (χ1n) is 10.0. The lowest BCUT2D eigenvalue weighted by Gasteiger charge is -2.24. The highest BCUT2D eigenvalue weighted by Gasteiger charge is 2.40. The molecule has 0 bridgehead atoms. The van der Waals surface area contributed by atoms with Crippen LogP contribution in [0.3, 0.4) is 0 Å². The van der Waals surface area contributed by atoms with Gasteiger partial charge in [-0.3, -0.25) is 0 Å². The second-order valence-corrected chi connectivity index (χ2v) is 7.06. The summed E-state index contributed by atoms with van der Waals surface area (Å²) in [6.07, 6.45) is 12.6. The molecule has 0 aromatic heterocycles. The Morgan fingerprint density at radius 2 is 1.52 bits per heavy atom. The average molecular weight is 359 g/mol. The summed E-state index contributed by atoms with van der Waals surface area (Å²) in [5.74, 6) is 0. The van der Waals surface area contributed by atoms with E-state index >= 15 is 0 Å². The predicted octanol–water partition coefficient (Wildman–Crippen LogP) is 2.96. The third-order valence-electron chi connectivity index (χ3n) is 4.87. The smallest absolute Gasteiger partial charge is 0.114 e. The summed E-state index contributed by atoms with van der Waals surface area (Å²) in [7, 11) is 0. The minimum Gasteiger partial charge on any atom is -0.394 e. The first-order valence-corrected chi connectivity index (χ1v) is 10.0. The van der Waals surface area contributed by atoms with Gasteiger partial charge in [-0.05, 0) is 19.3 Å². The fourth-order valence-corrected chi connectivity index (χ4v) is 3.24. The molecule has 25 heavy (non-hydrogen) atoms. The van der Waals surface area contributed by atoms with Gasteiger partial charge in [0.1, 0.15) is 24.4 Å². The molecule has 4 atom stereocenters. The Hall–Kier alpha value is -0.460. The highest BCUT2D eigenvalue weighted by atomic mass is 16.6. The number of ether oxygens (including phenoxy) is 2. The number of hydrogen-bond acceptors (Lipinski definition) is 5. The number of unbranched alkanes of at least 4 members (excludes halogenated alkanes) is 10. The third kappa shape index (κ3) is 9.71. The summed E-state index contributed by atoms with van der Waals surface area (Å²) < 4.78 is 10.9. The Kier molecular flexibility index (Phi) is 13.3. The van der Waals surface area contributed by atoms with Crippen LogP contribution in [0.15, 0.2) is 12.7 Å². The van der Waals surface area contributed by atoms with Crippen LogP contribution in [0.2, 0.25) is 0 Å². The highest BCUT2D eigenvalue weighted by Crippen LogP contribution is 2.20. The third-order valence-corrected chi connectivity index (χ3v) is 4.87. The molecule has 1 saturated heterocycles. The van der Waals surface area contributed by atoms with E-state index in [1.807, 2.05) is 6.08 Å². The summed E-state index contributed by atoms with van der Waals surface area (Å²) in [6.45, 7) is 4.18. The molecule has 5 nitrogen and oxygen atoms in total. The molecular formula is C20H38O5. The van der Waals surface area contributed by atoms with Crippen molar-refractivity contribution in [2.45, 2.75) is 95.0 Å². The fourth-order valence-electron chi connectivity index (χ4n) is 3.24. The van der Waals surface area contributed by atoms with Gasteiger partial charge in [0.25, 0.3) is 0 Å². The first kappa shape index (κ1) is 22.6. The maximum Gasteiger partial charge on any atom is 0.114 e. The van der Waals surface area contributed by atoms with E-state index in [1.165, 1.54) is 51.4 Å². The van der Waals surface area contributed by atoms with Gasteiger partial charge in [0, 0.05) is 6.61 Å². The summed E-state index contributed by atoms with van der Waals surface area (Å²) in [5, 5.41) is 28.7.